The molecule has 0 aliphatic carbocycles. The third kappa shape index (κ3) is 3.22. The van der Waals surface area contributed by atoms with Gasteiger partial charge in [-0.05, 0) is 44.4 Å². The van der Waals surface area contributed by atoms with Crippen molar-refractivity contribution in [3.63, 3.8) is 0 Å². The van der Waals surface area contributed by atoms with Crippen LogP contribution in [0.4, 0.5) is 11.4 Å². The van der Waals surface area contributed by atoms with Crippen molar-refractivity contribution >= 4 is 17.3 Å². The molecule has 1 aliphatic rings. The smallest absolute Gasteiger partial charge is 0.337 e. The largest absolute Gasteiger partial charge is 0.465 e. The molecule has 5 heteroatoms. The van der Waals surface area contributed by atoms with Gasteiger partial charge >= 0.3 is 5.97 Å². The molecule has 110 valence electrons. The van der Waals surface area contributed by atoms with Crippen LogP contribution in [0, 0.1) is 0 Å². The summed E-state index contributed by atoms with van der Waals surface area (Å²) in [6.45, 7) is 3.49. The van der Waals surface area contributed by atoms with Gasteiger partial charge in [0.05, 0.1) is 29.6 Å². The predicted octanol–water partition coefficient (Wildman–Crippen LogP) is 1.80. The summed E-state index contributed by atoms with van der Waals surface area (Å²) in [6.07, 6.45) is 2.43. The second kappa shape index (κ2) is 5.71. The molecule has 3 N–H and O–H groups in total. The molecule has 20 heavy (non-hydrogen) atoms. The molecule has 1 heterocycles. The second-order valence-corrected chi connectivity index (χ2v) is 5.60. The number of anilines is 2. The number of benzene rings is 1. The van der Waals surface area contributed by atoms with Crippen LogP contribution in [0.5, 0.6) is 0 Å². The van der Waals surface area contributed by atoms with Crippen LogP contribution in [-0.2, 0) is 4.74 Å². The van der Waals surface area contributed by atoms with Gasteiger partial charge in [0.1, 0.15) is 0 Å². The zero-order valence-corrected chi connectivity index (χ0v) is 12.1. The fourth-order valence-corrected chi connectivity index (χ4v) is 2.59. The van der Waals surface area contributed by atoms with Crippen molar-refractivity contribution in [1.29, 1.82) is 0 Å². The predicted molar refractivity (Wildman–Crippen MR) is 78.9 cm³/mol. The van der Waals surface area contributed by atoms with Gasteiger partial charge in [0, 0.05) is 13.1 Å². The fourth-order valence-electron chi connectivity index (χ4n) is 2.59. The lowest BCUT2D eigenvalue weighted by Crippen LogP contribution is -2.28. The SMILES string of the molecule is COC(=O)c1ccc(N2CCCC(C)(O)CC2)c(N)c1. The molecule has 0 radical (unpaired) electrons. The van der Waals surface area contributed by atoms with E-state index in [-0.39, 0.29) is 5.97 Å². The monoisotopic (exact) mass is 278 g/mol. The lowest BCUT2D eigenvalue weighted by Gasteiger charge is -2.25. The van der Waals surface area contributed by atoms with Gasteiger partial charge in [-0.2, -0.15) is 0 Å². The molecule has 1 atom stereocenters. The summed E-state index contributed by atoms with van der Waals surface area (Å²) in [5.74, 6) is -0.387. The first kappa shape index (κ1) is 14.7. The summed E-state index contributed by atoms with van der Waals surface area (Å²) >= 11 is 0. The van der Waals surface area contributed by atoms with E-state index in [2.05, 4.69) is 9.64 Å². The Kier molecular flexibility index (Phi) is 4.18. The summed E-state index contributed by atoms with van der Waals surface area (Å²) in [4.78, 5) is 13.6. The summed E-state index contributed by atoms with van der Waals surface area (Å²) < 4.78 is 4.68. The van der Waals surface area contributed by atoms with E-state index in [0.717, 1.165) is 31.6 Å². The van der Waals surface area contributed by atoms with Crippen LogP contribution in [0.25, 0.3) is 0 Å². The lowest BCUT2D eigenvalue weighted by molar-refractivity contribution is 0.0481. The van der Waals surface area contributed by atoms with Crippen LogP contribution in [0.3, 0.4) is 0 Å². The highest BCUT2D eigenvalue weighted by molar-refractivity contribution is 5.91. The van der Waals surface area contributed by atoms with E-state index in [1.165, 1.54) is 7.11 Å². The van der Waals surface area contributed by atoms with Crippen molar-refractivity contribution in [2.24, 2.45) is 0 Å². The highest BCUT2D eigenvalue weighted by Gasteiger charge is 2.25. The number of carbonyl (C=O) groups is 1. The maximum absolute atomic E-state index is 11.5. The fraction of sp³-hybridized carbons (Fsp3) is 0.533. The molecule has 0 aromatic heterocycles. The Bertz CT molecular complexity index is 500. The molecule has 1 aromatic rings. The average molecular weight is 278 g/mol. The molecule has 2 rings (SSSR count). The van der Waals surface area contributed by atoms with Crippen LogP contribution < -0.4 is 10.6 Å². The van der Waals surface area contributed by atoms with E-state index in [1.807, 2.05) is 13.0 Å². The first-order chi connectivity index (χ1) is 9.43. The zero-order valence-electron chi connectivity index (χ0n) is 12.1. The van der Waals surface area contributed by atoms with Gasteiger partial charge in [-0.1, -0.05) is 0 Å². The number of nitrogens with two attached hydrogens (primary N) is 1. The molecule has 1 aliphatic heterocycles. The molecule has 1 unspecified atom stereocenters. The molecular formula is C15H22N2O3. The molecule has 0 amide bonds. The summed E-state index contributed by atoms with van der Waals surface area (Å²) in [7, 11) is 1.35. The average Bonchev–Trinajstić information content (AvgIpc) is 2.59. The van der Waals surface area contributed by atoms with E-state index >= 15 is 0 Å². The number of rotatable bonds is 2. The number of esters is 1. The van der Waals surface area contributed by atoms with E-state index in [0.29, 0.717) is 17.7 Å². The van der Waals surface area contributed by atoms with Gasteiger partial charge < -0.3 is 20.5 Å². The maximum atomic E-state index is 11.5. The number of methoxy groups -OCH3 is 1. The summed E-state index contributed by atoms with van der Waals surface area (Å²) in [5, 5.41) is 10.1. The summed E-state index contributed by atoms with van der Waals surface area (Å²) in [6, 6.07) is 5.21. The standard InChI is InChI=1S/C15H22N2O3/c1-15(19)6-3-8-17(9-7-15)13-5-4-11(10-12(13)16)14(18)20-2/h4-5,10,19H,3,6-9,16H2,1-2H3. The van der Waals surface area contributed by atoms with Gasteiger partial charge in [-0.25, -0.2) is 4.79 Å². The van der Waals surface area contributed by atoms with E-state index in [9.17, 15) is 9.90 Å². The van der Waals surface area contributed by atoms with Crippen LogP contribution in [0.1, 0.15) is 36.5 Å². The number of carbonyl (C=O) groups excluding carboxylic acids is 1. The Morgan fingerprint density at radius 2 is 2.15 bits per heavy atom. The topological polar surface area (TPSA) is 75.8 Å². The van der Waals surface area contributed by atoms with Crippen molar-refractivity contribution in [3.8, 4) is 0 Å². The Labute approximate surface area is 119 Å². The Morgan fingerprint density at radius 3 is 2.80 bits per heavy atom. The first-order valence-electron chi connectivity index (χ1n) is 6.88. The Morgan fingerprint density at radius 1 is 1.40 bits per heavy atom. The van der Waals surface area contributed by atoms with Gasteiger partial charge in [0.25, 0.3) is 0 Å². The highest BCUT2D eigenvalue weighted by Crippen LogP contribution is 2.29. The third-order valence-electron chi connectivity index (χ3n) is 3.85. The van der Waals surface area contributed by atoms with Crippen LogP contribution in [-0.4, -0.2) is 36.9 Å². The van der Waals surface area contributed by atoms with E-state index in [1.54, 1.807) is 12.1 Å². The van der Waals surface area contributed by atoms with Gasteiger partial charge in [0.2, 0.25) is 0 Å². The minimum Gasteiger partial charge on any atom is -0.465 e. The van der Waals surface area contributed by atoms with Crippen molar-refractivity contribution in [2.45, 2.75) is 31.8 Å². The number of ether oxygens (including phenoxy) is 1. The van der Waals surface area contributed by atoms with Crippen LogP contribution in [0.2, 0.25) is 0 Å². The molecule has 1 saturated heterocycles. The van der Waals surface area contributed by atoms with Crippen molar-refractivity contribution in [1.82, 2.24) is 0 Å². The van der Waals surface area contributed by atoms with Crippen molar-refractivity contribution in [3.05, 3.63) is 23.8 Å². The molecule has 1 fully saturated rings. The zero-order chi connectivity index (χ0) is 14.8. The number of aliphatic hydroxyl groups is 1. The molecule has 0 saturated carbocycles. The number of hydrogen-bond donors (Lipinski definition) is 2. The molecule has 5 nitrogen and oxygen atoms in total. The molecule has 0 spiro atoms. The van der Waals surface area contributed by atoms with Gasteiger partial charge in [-0.3, -0.25) is 0 Å². The second-order valence-electron chi connectivity index (χ2n) is 5.60. The Balaban J connectivity index is 2.18. The van der Waals surface area contributed by atoms with E-state index in [4.69, 9.17) is 5.73 Å². The first-order valence-corrected chi connectivity index (χ1v) is 6.88. The molecule has 1 aromatic carbocycles. The van der Waals surface area contributed by atoms with E-state index < -0.39 is 5.60 Å². The van der Waals surface area contributed by atoms with Crippen LogP contribution in [0.15, 0.2) is 18.2 Å². The summed E-state index contributed by atoms with van der Waals surface area (Å²) in [5.41, 5.74) is 7.38. The molecular weight excluding hydrogens is 256 g/mol. The third-order valence-corrected chi connectivity index (χ3v) is 3.85. The van der Waals surface area contributed by atoms with Gasteiger partial charge in [0.15, 0.2) is 0 Å². The highest BCUT2D eigenvalue weighted by atomic mass is 16.5. The Hall–Kier alpha value is -1.75. The van der Waals surface area contributed by atoms with Gasteiger partial charge in [-0.15, -0.1) is 0 Å². The minimum atomic E-state index is -0.602. The number of nitrogens with zero attached hydrogens (tertiary/aromatic N) is 1. The van der Waals surface area contributed by atoms with Crippen molar-refractivity contribution < 1.29 is 14.6 Å². The van der Waals surface area contributed by atoms with Crippen LogP contribution >= 0.6 is 0 Å². The number of nitrogen functional groups attached to an aromatic ring is 1. The van der Waals surface area contributed by atoms with Crippen molar-refractivity contribution in [2.75, 3.05) is 30.8 Å². The lowest BCUT2D eigenvalue weighted by atomic mass is 9.98. The number of hydrogen-bond acceptors (Lipinski definition) is 5. The quantitative estimate of drug-likeness (QED) is 0.637. The minimum absolute atomic E-state index is 0.387. The maximum Gasteiger partial charge on any atom is 0.337 e. The normalized spacial score (nSPS) is 23.2. The molecule has 0 bridgehead atoms.